The van der Waals surface area contributed by atoms with Crippen molar-refractivity contribution in [1.82, 2.24) is 0 Å². The molecule has 0 fully saturated rings. The van der Waals surface area contributed by atoms with Gasteiger partial charge < -0.3 is 9.22 Å². The summed E-state index contributed by atoms with van der Waals surface area (Å²) in [5.41, 5.74) is 0.928. The van der Waals surface area contributed by atoms with Gasteiger partial charge >= 0.3 is 0 Å². The van der Waals surface area contributed by atoms with Gasteiger partial charge in [0.2, 0.25) is 0 Å². The third kappa shape index (κ3) is 9.21. The minimum Gasteiger partial charge on any atom is -0.508 e. The maximum absolute atomic E-state index is 9.19. The zero-order valence-corrected chi connectivity index (χ0v) is 14.4. The zero-order valence-electron chi connectivity index (χ0n) is 12.2. The summed E-state index contributed by atoms with van der Waals surface area (Å²) >= 11 is 0. The molecule has 1 rings (SSSR count). The van der Waals surface area contributed by atoms with Gasteiger partial charge in [0.05, 0.1) is 0 Å². The van der Waals surface area contributed by atoms with Crippen LogP contribution in [0.4, 0.5) is 0 Å². The Labute approximate surface area is 114 Å². The molecule has 0 spiro atoms. The molecule has 0 aliphatic heterocycles. The molecule has 0 atom stereocenters. The van der Waals surface area contributed by atoms with Crippen molar-refractivity contribution in [3.8, 4) is 5.75 Å². The van der Waals surface area contributed by atoms with Crippen molar-refractivity contribution in [2.75, 3.05) is 0 Å². The van der Waals surface area contributed by atoms with Crippen LogP contribution in [-0.4, -0.2) is 22.5 Å². The molecule has 1 N–H and O–H groups in total. The maximum atomic E-state index is 9.19. The van der Waals surface area contributed by atoms with Gasteiger partial charge in [-0.3, -0.25) is 0 Å². The number of allylic oxidation sites excluding steroid dienone is 1. The van der Waals surface area contributed by atoms with E-state index in [0.29, 0.717) is 5.75 Å². The first-order valence-electron chi connectivity index (χ1n) is 6.32. The summed E-state index contributed by atoms with van der Waals surface area (Å²) in [6.45, 7) is 14.7. The van der Waals surface area contributed by atoms with E-state index >= 15 is 0 Å². The summed E-state index contributed by atoms with van der Waals surface area (Å²) in [6.07, 6.45) is 2.50. The Kier molecular flexibility index (Phi) is 7.90. The molecule has 0 saturated heterocycles. The summed E-state index contributed by atoms with van der Waals surface area (Å²) in [7, 11) is -1.89. The van der Waals surface area contributed by atoms with Crippen LogP contribution in [0.2, 0.25) is 32.7 Å². The first-order valence-corrected chi connectivity index (χ1v) is 12.5. The summed E-state index contributed by atoms with van der Waals surface area (Å²) < 4.78 is 5.72. The van der Waals surface area contributed by atoms with Crippen molar-refractivity contribution in [2.24, 2.45) is 0 Å². The van der Waals surface area contributed by atoms with Gasteiger partial charge in [-0.25, -0.2) is 0 Å². The molecular formula is C14H26O2Si2. The number of hydrogen-bond acceptors (Lipinski definition) is 2. The Hall–Kier alpha value is -0.846. The minimum atomic E-state index is -1.16. The van der Waals surface area contributed by atoms with E-state index in [9.17, 15) is 5.11 Å². The Morgan fingerprint density at radius 1 is 1.28 bits per heavy atom. The molecule has 0 bridgehead atoms. The average Bonchev–Trinajstić information content (AvgIpc) is 2.19. The van der Waals surface area contributed by atoms with Crippen LogP contribution in [0, 0.1) is 0 Å². The summed E-state index contributed by atoms with van der Waals surface area (Å²) in [5, 5.41) is 9.19. The van der Waals surface area contributed by atoms with Crippen LogP contribution in [0.5, 0.6) is 5.75 Å². The predicted octanol–water partition coefficient (Wildman–Crippen LogP) is 3.94. The van der Waals surface area contributed by atoms with E-state index in [1.165, 1.54) is 0 Å². The van der Waals surface area contributed by atoms with E-state index in [1.54, 1.807) is 12.1 Å². The molecule has 4 heteroatoms. The summed E-state index contributed by atoms with van der Waals surface area (Å²) in [6, 6.07) is 7.27. The molecule has 0 radical (unpaired) electrons. The minimum absolute atomic E-state index is 0.349. The van der Waals surface area contributed by atoms with E-state index in [1.807, 2.05) is 18.2 Å². The lowest BCUT2D eigenvalue weighted by Crippen LogP contribution is -2.31. The first-order chi connectivity index (χ1) is 8.26. The highest BCUT2D eigenvalue weighted by molar-refractivity contribution is 6.76. The van der Waals surface area contributed by atoms with E-state index in [4.69, 9.17) is 4.12 Å². The molecule has 102 valence electrons. The fourth-order valence-electron chi connectivity index (χ4n) is 1.55. The van der Waals surface area contributed by atoms with Gasteiger partial charge in [-0.1, -0.05) is 24.3 Å². The number of para-hydroxylation sites is 1. The second-order valence-electron chi connectivity index (χ2n) is 5.40. The molecular weight excluding hydrogens is 256 g/mol. The third-order valence-electron chi connectivity index (χ3n) is 1.95. The molecule has 18 heavy (non-hydrogen) atoms. The van der Waals surface area contributed by atoms with Crippen molar-refractivity contribution in [1.29, 1.82) is 0 Å². The topological polar surface area (TPSA) is 29.5 Å². The Morgan fingerprint density at radius 2 is 1.83 bits per heavy atom. The maximum Gasteiger partial charge on any atom is 0.170 e. The van der Waals surface area contributed by atoms with Crippen LogP contribution < -0.4 is 0 Å². The molecule has 0 heterocycles. The van der Waals surface area contributed by atoms with Gasteiger partial charge in [0.25, 0.3) is 0 Å². The average molecular weight is 283 g/mol. The highest BCUT2D eigenvalue weighted by Gasteiger charge is 2.14. The molecule has 0 unspecified atom stereocenters. The monoisotopic (exact) mass is 282 g/mol. The number of rotatable bonds is 4. The molecule has 2 nitrogen and oxygen atoms in total. The Bertz CT molecular complexity index is 357. The molecule has 1 aromatic rings. The van der Waals surface area contributed by atoms with Crippen LogP contribution in [0.1, 0.15) is 5.56 Å². The SMILES string of the molecule is C=CCc1ccccc1O.C[SiH](C)O[Si](C)(C)C. The van der Waals surface area contributed by atoms with Crippen LogP contribution in [0.25, 0.3) is 0 Å². The van der Waals surface area contributed by atoms with Crippen molar-refractivity contribution >= 4 is 17.4 Å². The fourth-order valence-corrected chi connectivity index (χ4v) is 7.20. The molecule has 0 aliphatic carbocycles. The van der Waals surface area contributed by atoms with E-state index in [0.717, 1.165) is 12.0 Å². The number of phenols is 1. The second-order valence-corrected chi connectivity index (χ2v) is 12.7. The van der Waals surface area contributed by atoms with Gasteiger partial charge in [-0.2, -0.15) is 0 Å². The molecule has 0 aromatic heterocycles. The Balaban J connectivity index is 0.000000331. The number of aromatic hydroxyl groups is 1. The van der Waals surface area contributed by atoms with E-state index in [2.05, 4.69) is 39.3 Å². The third-order valence-corrected chi connectivity index (χ3v) is 6.66. The lowest BCUT2D eigenvalue weighted by atomic mass is 10.1. The molecule has 0 saturated carbocycles. The van der Waals surface area contributed by atoms with Crippen LogP contribution >= 0.6 is 0 Å². The smallest absolute Gasteiger partial charge is 0.170 e. The Morgan fingerprint density at radius 3 is 2.17 bits per heavy atom. The van der Waals surface area contributed by atoms with Gasteiger partial charge in [0.1, 0.15) is 5.75 Å². The van der Waals surface area contributed by atoms with E-state index < -0.39 is 17.4 Å². The number of benzene rings is 1. The van der Waals surface area contributed by atoms with Gasteiger partial charge in [0.15, 0.2) is 17.4 Å². The summed E-state index contributed by atoms with van der Waals surface area (Å²) in [4.78, 5) is 0. The normalized spacial score (nSPS) is 10.8. The van der Waals surface area contributed by atoms with Gasteiger partial charge in [-0.15, -0.1) is 6.58 Å². The zero-order chi connectivity index (χ0) is 14.2. The van der Waals surface area contributed by atoms with Crippen molar-refractivity contribution in [3.05, 3.63) is 42.5 Å². The highest BCUT2D eigenvalue weighted by Crippen LogP contribution is 2.15. The first kappa shape index (κ1) is 17.2. The van der Waals surface area contributed by atoms with Crippen molar-refractivity contribution in [2.45, 2.75) is 39.2 Å². The van der Waals surface area contributed by atoms with Crippen LogP contribution in [0.15, 0.2) is 36.9 Å². The predicted molar refractivity (Wildman–Crippen MR) is 85.3 cm³/mol. The molecule has 1 aromatic carbocycles. The lowest BCUT2D eigenvalue weighted by Gasteiger charge is -2.19. The van der Waals surface area contributed by atoms with Crippen molar-refractivity contribution < 1.29 is 9.22 Å². The standard InChI is InChI=1S/C9H10O.C5H16OSi2/c1-2-5-8-6-3-4-7-9(8)10;1-7(2)6-8(3,4)5/h2-4,6-7,10H,1,5H2;7H,1-5H3. The van der Waals surface area contributed by atoms with Gasteiger partial charge in [-0.05, 0) is 50.8 Å². The van der Waals surface area contributed by atoms with E-state index in [-0.39, 0.29) is 0 Å². The quantitative estimate of drug-likeness (QED) is 0.669. The number of phenolic OH excluding ortho intramolecular Hbond substituents is 1. The van der Waals surface area contributed by atoms with Crippen LogP contribution in [0.3, 0.4) is 0 Å². The van der Waals surface area contributed by atoms with Crippen LogP contribution in [-0.2, 0) is 10.5 Å². The summed E-state index contributed by atoms with van der Waals surface area (Å²) in [5.74, 6) is 0.349. The lowest BCUT2D eigenvalue weighted by molar-refractivity contribution is 0.470. The largest absolute Gasteiger partial charge is 0.508 e. The molecule has 0 amide bonds. The fraction of sp³-hybridized carbons (Fsp3) is 0.429. The second kappa shape index (κ2) is 8.29. The highest BCUT2D eigenvalue weighted by atomic mass is 28.4. The van der Waals surface area contributed by atoms with Crippen molar-refractivity contribution in [3.63, 3.8) is 0 Å². The number of hydrogen-bond donors (Lipinski definition) is 1. The van der Waals surface area contributed by atoms with Gasteiger partial charge in [0, 0.05) is 0 Å². The molecule has 0 aliphatic rings.